The molecule has 1 saturated heterocycles. The van der Waals surface area contributed by atoms with Crippen LogP contribution < -0.4 is 4.74 Å². The number of nitrogens with zero attached hydrogens (tertiary/aromatic N) is 3. The second kappa shape index (κ2) is 5.10. The lowest BCUT2D eigenvalue weighted by Gasteiger charge is -2.45. The predicted octanol–water partition coefficient (Wildman–Crippen LogP) is 2.37. The van der Waals surface area contributed by atoms with E-state index in [9.17, 15) is 10.2 Å². The summed E-state index contributed by atoms with van der Waals surface area (Å²) in [5.74, 6) is 0.924. The van der Waals surface area contributed by atoms with Gasteiger partial charge in [0, 0.05) is 26.1 Å². The van der Waals surface area contributed by atoms with Gasteiger partial charge in [0.2, 0.25) is 11.8 Å². The molecule has 1 aromatic heterocycles. The molecule has 3 rings (SSSR count). The van der Waals surface area contributed by atoms with Crippen molar-refractivity contribution in [3.63, 3.8) is 0 Å². The van der Waals surface area contributed by atoms with E-state index < -0.39 is 5.60 Å². The van der Waals surface area contributed by atoms with E-state index in [0.29, 0.717) is 36.7 Å². The van der Waals surface area contributed by atoms with Crippen LogP contribution in [0, 0.1) is 17.2 Å². The topological polar surface area (TPSA) is 81.7 Å². The van der Waals surface area contributed by atoms with Crippen molar-refractivity contribution in [3.05, 3.63) is 5.56 Å². The number of likely N-dealkylation sites (tertiary alicyclic amines) is 1. The van der Waals surface area contributed by atoms with Gasteiger partial charge in [-0.25, -0.2) is 0 Å². The Kier molecular flexibility index (Phi) is 3.48. The van der Waals surface area contributed by atoms with Crippen molar-refractivity contribution in [1.29, 1.82) is 5.26 Å². The molecule has 0 aliphatic carbocycles. The fraction of sp³-hybridized carbons (Fsp3) is 0.688. The fourth-order valence-electron chi connectivity index (χ4n) is 4.23. The van der Waals surface area contributed by atoms with Gasteiger partial charge in [-0.05, 0) is 26.2 Å². The normalized spacial score (nSPS) is 30.5. The molecule has 3 atom stereocenters. The third-order valence-corrected chi connectivity index (χ3v) is 4.88. The number of ether oxygens (including phenoxy) is 1. The van der Waals surface area contributed by atoms with Crippen molar-refractivity contribution in [2.75, 3.05) is 13.1 Å². The van der Waals surface area contributed by atoms with Gasteiger partial charge in [0.15, 0.2) is 5.75 Å². The van der Waals surface area contributed by atoms with Gasteiger partial charge in [-0.1, -0.05) is 6.92 Å². The maximum absolute atomic E-state index is 10.5. The van der Waals surface area contributed by atoms with Gasteiger partial charge in [0.1, 0.15) is 5.60 Å². The Bertz CT molecular complexity index is 634. The standard InChI is InChI=1S/C16H23N3O3/c1-4-19-14(20)11-12(15(19)21)22-16(3)8-10(2)9-18(13(11)16)7-5-6-17/h10,13,20-21H,4-5,7-9H2,1-3H3/t10-,13-,16-/m0/s1. The molecule has 2 N–H and O–H groups in total. The number of nitriles is 1. The average molecular weight is 305 g/mol. The lowest BCUT2D eigenvalue weighted by molar-refractivity contribution is -0.0472. The van der Waals surface area contributed by atoms with E-state index >= 15 is 0 Å². The van der Waals surface area contributed by atoms with E-state index in [1.807, 2.05) is 13.8 Å². The van der Waals surface area contributed by atoms with E-state index in [-0.39, 0.29) is 17.8 Å². The van der Waals surface area contributed by atoms with Gasteiger partial charge in [0.25, 0.3) is 0 Å². The molecular weight excluding hydrogens is 282 g/mol. The van der Waals surface area contributed by atoms with Gasteiger partial charge < -0.3 is 14.9 Å². The lowest BCUT2D eigenvalue weighted by atomic mass is 9.80. The number of rotatable bonds is 3. The van der Waals surface area contributed by atoms with E-state index in [2.05, 4.69) is 17.9 Å². The van der Waals surface area contributed by atoms with Crippen LogP contribution in [0.1, 0.15) is 45.2 Å². The molecule has 0 spiro atoms. The van der Waals surface area contributed by atoms with E-state index in [0.717, 1.165) is 13.0 Å². The van der Waals surface area contributed by atoms with Crippen LogP contribution in [0.25, 0.3) is 0 Å². The van der Waals surface area contributed by atoms with E-state index in [1.165, 1.54) is 4.57 Å². The Morgan fingerprint density at radius 2 is 2.14 bits per heavy atom. The molecule has 6 nitrogen and oxygen atoms in total. The van der Waals surface area contributed by atoms with Crippen molar-refractivity contribution < 1.29 is 14.9 Å². The van der Waals surface area contributed by atoms with Crippen molar-refractivity contribution in [2.24, 2.45) is 5.92 Å². The summed E-state index contributed by atoms with van der Waals surface area (Å²) in [6.45, 7) is 8.04. The molecule has 3 heterocycles. The second-order valence-corrected chi connectivity index (χ2v) is 6.66. The SMILES string of the molecule is CCn1c(O)c2c(c1O)[C@@H]1N(CCC#N)C[C@@H](C)C[C@]1(C)O2. The number of fused-ring (bicyclic) bond motifs is 3. The smallest absolute Gasteiger partial charge is 0.238 e. The highest BCUT2D eigenvalue weighted by molar-refractivity contribution is 5.57. The van der Waals surface area contributed by atoms with Gasteiger partial charge in [-0.15, -0.1) is 0 Å². The molecule has 0 amide bonds. The number of aromatic nitrogens is 1. The molecular formula is C16H23N3O3. The van der Waals surface area contributed by atoms with E-state index in [1.54, 1.807) is 0 Å². The second-order valence-electron chi connectivity index (χ2n) is 6.66. The average Bonchev–Trinajstić information content (AvgIpc) is 2.88. The van der Waals surface area contributed by atoms with Crippen LogP contribution in [0.3, 0.4) is 0 Å². The number of piperidine rings is 1. The van der Waals surface area contributed by atoms with Crippen molar-refractivity contribution >= 4 is 0 Å². The maximum Gasteiger partial charge on any atom is 0.238 e. The van der Waals surface area contributed by atoms with Gasteiger partial charge in [-0.3, -0.25) is 9.47 Å². The number of hydrogen-bond donors (Lipinski definition) is 2. The van der Waals surface area contributed by atoms with Gasteiger partial charge in [0.05, 0.1) is 17.7 Å². The first kappa shape index (κ1) is 15.0. The molecule has 0 unspecified atom stereocenters. The summed E-state index contributed by atoms with van der Waals surface area (Å²) in [6, 6.07) is 2.07. The Morgan fingerprint density at radius 3 is 2.77 bits per heavy atom. The Balaban J connectivity index is 2.07. The van der Waals surface area contributed by atoms with Crippen LogP contribution in [-0.2, 0) is 6.54 Å². The third-order valence-electron chi connectivity index (χ3n) is 4.88. The summed E-state index contributed by atoms with van der Waals surface area (Å²) >= 11 is 0. The van der Waals surface area contributed by atoms with Crippen LogP contribution in [0.15, 0.2) is 0 Å². The summed E-state index contributed by atoms with van der Waals surface area (Å²) in [6.07, 6.45) is 1.30. The summed E-state index contributed by atoms with van der Waals surface area (Å²) in [5.41, 5.74) is 0.200. The highest BCUT2D eigenvalue weighted by atomic mass is 16.5. The molecule has 1 aromatic rings. The first-order valence-corrected chi connectivity index (χ1v) is 7.87. The summed E-state index contributed by atoms with van der Waals surface area (Å²) in [4.78, 5) is 2.21. The van der Waals surface area contributed by atoms with Crippen LogP contribution >= 0.6 is 0 Å². The van der Waals surface area contributed by atoms with Crippen LogP contribution in [0.4, 0.5) is 0 Å². The molecule has 0 saturated carbocycles. The molecule has 0 aromatic carbocycles. The summed E-state index contributed by atoms with van der Waals surface area (Å²) in [7, 11) is 0. The maximum atomic E-state index is 10.5. The fourth-order valence-corrected chi connectivity index (χ4v) is 4.23. The number of hydrogen-bond acceptors (Lipinski definition) is 5. The zero-order valence-corrected chi connectivity index (χ0v) is 13.3. The molecule has 2 aliphatic rings. The van der Waals surface area contributed by atoms with Gasteiger partial charge in [-0.2, -0.15) is 5.26 Å². The minimum atomic E-state index is -0.473. The third kappa shape index (κ3) is 1.96. The predicted molar refractivity (Wildman–Crippen MR) is 80.8 cm³/mol. The molecule has 22 heavy (non-hydrogen) atoms. The molecule has 0 radical (unpaired) electrons. The molecule has 0 bridgehead atoms. The highest BCUT2D eigenvalue weighted by Crippen LogP contribution is 2.59. The zero-order valence-electron chi connectivity index (χ0n) is 13.3. The van der Waals surface area contributed by atoms with Crippen molar-refractivity contribution in [3.8, 4) is 23.6 Å². The Labute approximate surface area is 130 Å². The minimum absolute atomic E-state index is 0.00138. The molecule has 2 aliphatic heterocycles. The van der Waals surface area contributed by atoms with Crippen molar-refractivity contribution in [1.82, 2.24) is 9.47 Å². The minimum Gasteiger partial charge on any atom is -0.494 e. The highest BCUT2D eigenvalue weighted by Gasteiger charge is 2.55. The van der Waals surface area contributed by atoms with E-state index in [4.69, 9.17) is 10.00 Å². The molecule has 6 heteroatoms. The Morgan fingerprint density at radius 1 is 1.41 bits per heavy atom. The lowest BCUT2D eigenvalue weighted by Crippen LogP contribution is -2.52. The summed E-state index contributed by atoms with van der Waals surface area (Å²) < 4.78 is 7.58. The quantitative estimate of drug-likeness (QED) is 0.896. The van der Waals surface area contributed by atoms with Crippen molar-refractivity contribution in [2.45, 2.75) is 51.8 Å². The zero-order chi connectivity index (χ0) is 16.1. The van der Waals surface area contributed by atoms with Crippen LogP contribution in [-0.4, -0.2) is 38.4 Å². The largest absolute Gasteiger partial charge is 0.494 e. The van der Waals surface area contributed by atoms with Crippen LogP contribution in [0.5, 0.6) is 17.5 Å². The summed E-state index contributed by atoms with van der Waals surface area (Å²) in [5, 5.41) is 29.8. The molecule has 120 valence electrons. The first-order valence-electron chi connectivity index (χ1n) is 7.87. The van der Waals surface area contributed by atoms with Gasteiger partial charge >= 0.3 is 0 Å². The van der Waals surface area contributed by atoms with Crippen LogP contribution in [0.2, 0.25) is 0 Å². The Hall–Kier alpha value is -1.87. The first-order chi connectivity index (χ1) is 10.4. The molecule has 1 fully saturated rings. The monoisotopic (exact) mass is 305 g/mol. The number of aromatic hydroxyl groups is 2.